The molecule has 6 heteroatoms. The monoisotopic (exact) mass is 351 g/mol. The maximum Gasteiger partial charge on any atom is 0.175 e. The number of ether oxygens (including phenoxy) is 1. The number of aryl methyl sites for hydroxylation is 1. The van der Waals surface area contributed by atoms with Crippen LogP contribution in [0.15, 0.2) is 47.4 Å². The van der Waals surface area contributed by atoms with E-state index < -0.39 is 16.0 Å². The van der Waals surface area contributed by atoms with Crippen molar-refractivity contribution in [3.63, 3.8) is 0 Å². The standard InChI is InChI=1S/C18H22FNO3S/c1-3-13-8-15(10-17(9-13)23-12-16(19)11-20)14-4-6-18(7-5-14)24(2,21)22/h4-10,16H,3,11-12,20H2,1-2H3/t16-/m1/s1. The van der Waals surface area contributed by atoms with Crippen molar-refractivity contribution in [2.45, 2.75) is 24.4 Å². The molecule has 4 nitrogen and oxygen atoms in total. The lowest BCUT2D eigenvalue weighted by Crippen LogP contribution is -2.22. The third-order valence-electron chi connectivity index (χ3n) is 3.68. The minimum Gasteiger partial charge on any atom is -0.490 e. The molecule has 0 aliphatic rings. The van der Waals surface area contributed by atoms with Crippen LogP contribution in [0.25, 0.3) is 11.1 Å². The van der Waals surface area contributed by atoms with Crippen molar-refractivity contribution >= 4 is 9.84 Å². The first kappa shape index (κ1) is 18.4. The Balaban J connectivity index is 2.32. The predicted molar refractivity (Wildman–Crippen MR) is 93.8 cm³/mol. The molecule has 0 fully saturated rings. The Morgan fingerprint density at radius 1 is 1.12 bits per heavy atom. The van der Waals surface area contributed by atoms with Gasteiger partial charge in [-0.15, -0.1) is 0 Å². The molecular formula is C18H22FNO3S. The summed E-state index contributed by atoms with van der Waals surface area (Å²) in [5.74, 6) is 0.577. The van der Waals surface area contributed by atoms with Crippen LogP contribution in [-0.4, -0.2) is 34.0 Å². The van der Waals surface area contributed by atoms with E-state index in [0.717, 1.165) is 23.1 Å². The first-order valence-electron chi connectivity index (χ1n) is 7.75. The summed E-state index contributed by atoms with van der Waals surface area (Å²) in [6, 6.07) is 12.4. The van der Waals surface area contributed by atoms with Crippen molar-refractivity contribution in [3.8, 4) is 16.9 Å². The molecule has 0 unspecified atom stereocenters. The van der Waals surface area contributed by atoms with E-state index in [0.29, 0.717) is 5.75 Å². The number of alkyl halides is 1. The summed E-state index contributed by atoms with van der Waals surface area (Å²) < 4.78 is 41.9. The molecule has 24 heavy (non-hydrogen) atoms. The zero-order valence-corrected chi connectivity index (χ0v) is 14.6. The van der Waals surface area contributed by atoms with Gasteiger partial charge in [0.2, 0.25) is 0 Å². The summed E-state index contributed by atoms with van der Waals surface area (Å²) in [6.45, 7) is 1.86. The fourth-order valence-electron chi connectivity index (χ4n) is 2.26. The van der Waals surface area contributed by atoms with Crippen LogP contribution in [0.5, 0.6) is 5.75 Å². The van der Waals surface area contributed by atoms with Crippen LogP contribution in [0.1, 0.15) is 12.5 Å². The third-order valence-corrected chi connectivity index (χ3v) is 4.81. The molecule has 0 saturated carbocycles. The molecular weight excluding hydrogens is 329 g/mol. The minimum absolute atomic E-state index is 0.0761. The van der Waals surface area contributed by atoms with E-state index in [-0.39, 0.29) is 18.0 Å². The minimum atomic E-state index is -3.22. The smallest absolute Gasteiger partial charge is 0.175 e. The van der Waals surface area contributed by atoms with Crippen LogP contribution in [-0.2, 0) is 16.3 Å². The van der Waals surface area contributed by atoms with Crippen LogP contribution in [0.2, 0.25) is 0 Å². The summed E-state index contributed by atoms with van der Waals surface area (Å²) >= 11 is 0. The lowest BCUT2D eigenvalue weighted by Gasteiger charge is -2.12. The Bertz CT molecular complexity index is 788. The fraction of sp³-hybridized carbons (Fsp3) is 0.333. The normalized spacial score (nSPS) is 12.8. The quantitative estimate of drug-likeness (QED) is 0.832. The number of rotatable bonds is 7. The fourth-order valence-corrected chi connectivity index (χ4v) is 2.89. The van der Waals surface area contributed by atoms with Crippen LogP contribution >= 0.6 is 0 Å². The Kier molecular flexibility index (Phi) is 5.96. The van der Waals surface area contributed by atoms with Gasteiger partial charge >= 0.3 is 0 Å². The van der Waals surface area contributed by atoms with Gasteiger partial charge in [0.1, 0.15) is 18.5 Å². The highest BCUT2D eigenvalue weighted by molar-refractivity contribution is 7.90. The molecule has 0 aromatic heterocycles. The number of benzene rings is 2. The summed E-state index contributed by atoms with van der Waals surface area (Å²) in [7, 11) is -3.22. The van der Waals surface area contributed by atoms with E-state index in [1.54, 1.807) is 24.3 Å². The van der Waals surface area contributed by atoms with Crippen molar-refractivity contribution < 1.29 is 17.5 Å². The van der Waals surface area contributed by atoms with E-state index in [2.05, 4.69) is 0 Å². The summed E-state index contributed by atoms with van der Waals surface area (Å²) in [5, 5.41) is 0. The van der Waals surface area contributed by atoms with Gasteiger partial charge < -0.3 is 10.5 Å². The summed E-state index contributed by atoms with van der Waals surface area (Å²) in [5.41, 5.74) is 8.08. The van der Waals surface area contributed by atoms with Gasteiger partial charge in [-0.3, -0.25) is 0 Å². The first-order chi connectivity index (χ1) is 11.3. The van der Waals surface area contributed by atoms with Crippen LogP contribution in [0, 0.1) is 0 Å². The SMILES string of the molecule is CCc1cc(OC[C@H](F)CN)cc(-c2ccc(S(C)(=O)=O)cc2)c1. The Labute approximate surface area is 142 Å². The van der Waals surface area contributed by atoms with Crippen molar-refractivity contribution in [2.24, 2.45) is 5.73 Å². The molecule has 0 heterocycles. The molecule has 1 atom stereocenters. The lowest BCUT2D eigenvalue weighted by atomic mass is 10.0. The molecule has 130 valence electrons. The number of hydrogen-bond acceptors (Lipinski definition) is 4. The average molecular weight is 351 g/mol. The first-order valence-corrected chi connectivity index (χ1v) is 9.64. The van der Waals surface area contributed by atoms with E-state index in [1.165, 1.54) is 6.26 Å². The van der Waals surface area contributed by atoms with E-state index in [1.807, 2.05) is 25.1 Å². The largest absolute Gasteiger partial charge is 0.490 e. The summed E-state index contributed by atoms with van der Waals surface area (Å²) in [6.07, 6.45) is 0.783. The second kappa shape index (κ2) is 7.77. The topological polar surface area (TPSA) is 69.4 Å². The van der Waals surface area contributed by atoms with Crippen molar-refractivity contribution in [3.05, 3.63) is 48.0 Å². The number of hydrogen-bond donors (Lipinski definition) is 1. The molecule has 0 saturated heterocycles. The highest BCUT2D eigenvalue weighted by atomic mass is 32.2. The zero-order chi connectivity index (χ0) is 17.7. The molecule has 0 radical (unpaired) electrons. The molecule has 2 aromatic rings. The Morgan fingerprint density at radius 3 is 2.33 bits per heavy atom. The second-order valence-electron chi connectivity index (χ2n) is 5.66. The molecule has 2 rings (SSSR count). The van der Waals surface area contributed by atoms with Crippen LogP contribution < -0.4 is 10.5 Å². The third kappa shape index (κ3) is 4.79. The van der Waals surface area contributed by atoms with Crippen molar-refractivity contribution in [1.82, 2.24) is 0 Å². The van der Waals surface area contributed by atoms with Gasteiger partial charge in [0.25, 0.3) is 0 Å². The van der Waals surface area contributed by atoms with Crippen molar-refractivity contribution in [2.75, 3.05) is 19.4 Å². The lowest BCUT2D eigenvalue weighted by molar-refractivity contribution is 0.201. The van der Waals surface area contributed by atoms with Crippen molar-refractivity contribution in [1.29, 1.82) is 0 Å². The van der Waals surface area contributed by atoms with E-state index in [4.69, 9.17) is 10.5 Å². The Morgan fingerprint density at radius 2 is 1.79 bits per heavy atom. The van der Waals surface area contributed by atoms with Gasteiger partial charge in [-0.25, -0.2) is 12.8 Å². The average Bonchev–Trinajstić information content (AvgIpc) is 2.58. The zero-order valence-electron chi connectivity index (χ0n) is 13.8. The molecule has 0 aliphatic heterocycles. The van der Waals surface area contributed by atoms with Gasteiger partial charge in [0.15, 0.2) is 9.84 Å². The molecule has 0 spiro atoms. The van der Waals surface area contributed by atoms with Gasteiger partial charge in [-0.1, -0.05) is 25.1 Å². The van der Waals surface area contributed by atoms with Crippen LogP contribution in [0.3, 0.4) is 0 Å². The van der Waals surface area contributed by atoms with Gasteiger partial charge in [-0.05, 0) is 47.4 Å². The molecule has 2 N–H and O–H groups in total. The number of halogens is 1. The van der Waals surface area contributed by atoms with Crippen LogP contribution in [0.4, 0.5) is 4.39 Å². The molecule has 2 aromatic carbocycles. The maximum atomic E-state index is 13.3. The molecule has 0 amide bonds. The van der Waals surface area contributed by atoms with E-state index >= 15 is 0 Å². The van der Waals surface area contributed by atoms with E-state index in [9.17, 15) is 12.8 Å². The van der Waals surface area contributed by atoms with Gasteiger partial charge in [0.05, 0.1) is 4.90 Å². The highest BCUT2D eigenvalue weighted by Gasteiger charge is 2.10. The maximum absolute atomic E-state index is 13.3. The highest BCUT2D eigenvalue weighted by Crippen LogP contribution is 2.27. The number of sulfone groups is 1. The molecule has 0 aliphatic carbocycles. The number of nitrogens with two attached hydrogens (primary N) is 1. The summed E-state index contributed by atoms with van der Waals surface area (Å²) in [4.78, 5) is 0.276. The van der Waals surface area contributed by atoms with Gasteiger partial charge in [-0.2, -0.15) is 0 Å². The predicted octanol–water partition coefficient (Wildman–Crippen LogP) is 3.00. The second-order valence-corrected chi connectivity index (χ2v) is 7.68. The Hall–Kier alpha value is -1.92. The van der Waals surface area contributed by atoms with Gasteiger partial charge in [0, 0.05) is 12.8 Å². The molecule has 0 bridgehead atoms.